The molecule has 0 aromatic rings. The van der Waals surface area contributed by atoms with Gasteiger partial charge in [0.25, 0.3) is 0 Å². The fourth-order valence-electron chi connectivity index (χ4n) is 0. The summed E-state index contributed by atoms with van der Waals surface area (Å²) < 4.78 is 54.5. The van der Waals surface area contributed by atoms with E-state index < -0.39 is 11.8 Å². The number of hydrogen-bond donors (Lipinski definition) is 0. The Morgan fingerprint density at radius 3 is 1.00 bits per heavy atom. The maximum atomic E-state index is 11.1. The maximum Gasteiger partial charge on any atom is 0.456 e. The van der Waals surface area contributed by atoms with E-state index in [0.29, 0.717) is 9.24 Å². The van der Waals surface area contributed by atoms with E-state index in [1.165, 1.54) is 0 Å². The molecule has 0 aliphatic rings. The largest absolute Gasteiger partial charge is 0.456 e. The van der Waals surface area contributed by atoms with Gasteiger partial charge in [-0.25, -0.2) is 0 Å². The molecule has 0 aromatic heterocycles. The molecule has 0 saturated heterocycles. The second-order valence-corrected chi connectivity index (χ2v) is 1.85. The third-order valence-electron chi connectivity index (χ3n) is 0.378. The van der Waals surface area contributed by atoms with Crippen molar-refractivity contribution in [3.8, 4) is 0 Å². The minimum absolute atomic E-state index is 0.403. The molecule has 8 heavy (non-hydrogen) atoms. The van der Waals surface area contributed by atoms with Gasteiger partial charge in [-0.1, -0.05) is 9.24 Å². The third-order valence-corrected chi connectivity index (χ3v) is 0.705. The van der Waals surface area contributed by atoms with E-state index in [-0.39, 0.29) is 0 Å². The Balaban J connectivity index is 4.02. The second-order valence-electron chi connectivity index (χ2n) is 1.12. The van der Waals surface area contributed by atoms with Crippen molar-refractivity contribution >= 4 is 9.24 Å². The van der Waals surface area contributed by atoms with Crippen LogP contribution in [0.25, 0.3) is 0 Å². The Kier molecular flexibility index (Phi) is 1.81. The molecular formula is C2H2F5P. The molecule has 0 saturated carbocycles. The van der Waals surface area contributed by atoms with E-state index in [0.717, 1.165) is 0 Å². The normalized spacial score (nSPS) is 14.2. The topological polar surface area (TPSA) is 0 Å². The summed E-state index contributed by atoms with van der Waals surface area (Å²) in [5.41, 5.74) is -4.65. The molecule has 0 fully saturated rings. The first-order chi connectivity index (χ1) is 3.25. The molecule has 0 spiro atoms. The fraction of sp³-hybridized carbons (Fsp3) is 1.00. The molecule has 1 atom stereocenters. The van der Waals surface area contributed by atoms with Crippen molar-refractivity contribution in [2.75, 3.05) is 0 Å². The van der Waals surface area contributed by atoms with Gasteiger partial charge in [0.2, 0.25) is 0 Å². The van der Waals surface area contributed by atoms with Gasteiger partial charge in [0, 0.05) is 0 Å². The lowest BCUT2D eigenvalue weighted by Crippen LogP contribution is -2.29. The summed E-state index contributed by atoms with van der Waals surface area (Å²) >= 11 is 0. The van der Waals surface area contributed by atoms with E-state index >= 15 is 0 Å². The van der Waals surface area contributed by atoms with Crippen LogP contribution in [0, 0.1) is 0 Å². The highest BCUT2D eigenvalue weighted by Gasteiger charge is 2.53. The third kappa shape index (κ3) is 1.90. The van der Waals surface area contributed by atoms with Crippen molar-refractivity contribution in [3.05, 3.63) is 0 Å². The summed E-state index contributed by atoms with van der Waals surface area (Å²) in [6.07, 6.45) is -5.43. The minimum atomic E-state index is -5.43. The van der Waals surface area contributed by atoms with Crippen LogP contribution in [-0.2, 0) is 0 Å². The molecule has 0 heterocycles. The van der Waals surface area contributed by atoms with Gasteiger partial charge in [-0.3, -0.25) is 0 Å². The van der Waals surface area contributed by atoms with Crippen LogP contribution in [0.1, 0.15) is 0 Å². The molecule has 0 bridgehead atoms. The van der Waals surface area contributed by atoms with E-state index in [1.54, 1.807) is 0 Å². The molecule has 0 aliphatic carbocycles. The van der Waals surface area contributed by atoms with Crippen molar-refractivity contribution in [3.63, 3.8) is 0 Å². The number of rotatable bonds is 0. The first-order valence-corrected chi connectivity index (χ1v) is 2.06. The Bertz CT molecular complexity index is 65.4. The summed E-state index contributed by atoms with van der Waals surface area (Å²) in [7, 11) is 0.403. The van der Waals surface area contributed by atoms with Gasteiger partial charge in [-0.15, -0.1) is 0 Å². The predicted molar refractivity (Wildman–Crippen MR) is 20.7 cm³/mol. The van der Waals surface area contributed by atoms with Gasteiger partial charge in [0.05, 0.1) is 0 Å². The second kappa shape index (κ2) is 1.79. The van der Waals surface area contributed by atoms with Crippen LogP contribution < -0.4 is 0 Å². The minimum Gasteiger partial charge on any atom is -0.192 e. The van der Waals surface area contributed by atoms with Crippen molar-refractivity contribution < 1.29 is 22.0 Å². The molecule has 6 heteroatoms. The predicted octanol–water partition coefficient (Wildman–Crippen LogP) is 2.02. The zero-order valence-corrected chi connectivity index (χ0v) is 4.62. The summed E-state index contributed by atoms with van der Waals surface area (Å²) in [4.78, 5) is 0. The van der Waals surface area contributed by atoms with E-state index in [4.69, 9.17) is 0 Å². The van der Waals surface area contributed by atoms with Gasteiger partial charge in [-0.2, -0.15) is 22.0 Å². The van der Waals surface area contributed by atoms with Gasteiger partial charge >= 0.3 is 11.8 Å². The molecule has 0 nitrogen and oxygen atoms in total. The molecule has 50 valence electrons. The molecule has 0 aliphatic heterocycles. The zero-order chi connectivity index (χ0) is 7.00. The van der Waals surface area contributed by atoms with Crippen LogP contribution in [0.2, 0.25) is 0 Å². The summed E-state index contributed by atoms with van der Waals surface area (Å²) in [5.74, 6) is 0. The van der Waals surface area contributed by atoms with E-state index in [1.807, 2.05) is 0 Å². The highest BCUT2D eigenvalue weighted by molar-refractivity contribution is 7.18. The van der Waals surface area contributed by atoms with Gasteiger partial charge in [0.15, 0.2) is 0 Å². The highest BCUT2D eigenvalue weighted by Crippen LogP contribution is 2.40. The van der Waals surface area contributed by atoms with E-state index in [2.05, 4.69) is 0 Å². The SMILES string of the molecule is FC(F)(F)C(F)(F)P. The van der Waals surface area contributed by atoms with Crippen molar-refractivity contribution in [2.45, 2.75) is 11.8 Å². The fourth-order valence-corrected chi connectivity index (χ4v) is 0. The van der Waals surface area contributed by atoms with Crippen LogP contribution in [0.5, 0.6) is 0 Å². The standard InChI is InChI=1S/C2H2F5P/c3-1(4,5)2(6,7)8/h8H2. The molecule has 0 aromatic carbocycles. The van der Waals surface area contributed by atoms with Crippen LogP contribution in [0.15, 0.2) is 0 Å². The highest BCUT2D eigenvalue weighted by atomic mass is 31.0. The van der Waals surface area contributed by atoms with Crippen molar-refractivity contribution in [2.24, 2.45) is 0 Å². The molecule has 0 radical (unpaired) electrons. The monoisotopic (exact) mass is 152 g/mol. The molecule has 0 N–H and O–H groups in total. The lowest BCUT2D eigenvalue weighted by molar-refractivity contribution is -0.238. The molecule has 0 amide bonds. The Hall–Kier alpha value is 0.0800. The average Bonchev–Trinajstić information content (AvgIpc) is 1.25. The van der Waals surface area contributed by atoms with Gasteiger partial charge in [0.1, 0.15) is 0 Å². The van der Waals surface area contributed by atoms with Crippen LogP contribution in [0.3, 0.4) is 0 Å². The van der Waals surface area contributed by atoms with Crippen molar-refractivity contribution in [1.82, 2.24) is 0 Å². The van der Waals surface area contributed by atoms with Gasteiger partial charge in [-0.05, 0) is 0 Å². The average molecular weight is 152 g/mol. The Morgan fingerprint density at radius 1 is 0.875 bits per heavy atom. The lowest BCUT2D eigenvalue weighted by Gasteiger charge is -2.12. The smallest absolute Gasteiger partial charge is 0.192 e. The van der Waals surface area contributed by atoms with Crippen molar-refractivity contribution in [1.29, 1.82) is 0 Å². The molecule has 1 unspecified atom stereocenters. The number of halogens is 5. The first kappa shape index (κ1) is 8.08. The summed E-state index contributed by atoms with van der Waals surface area (Å²) in [6.45, 7) is 0. The lowest BCUT2D eigenvalue weighted by atomic mass is 10.7. The Morgan fingerprint density at radius 2 is 1.00 bits per heavy atom. The first-order valence-electron chi connectivity index (χ1n) is 1.48. The van der Waals surface area contributed by atoms with Crippen LogP contribution in [0.4, 0.5) is 22.0 Å². The van der Waals surface area contributed by atoms with Crippen LogP contribution in [-0.4, -0.2) is 11.8 Å². The Labute approximate surface area is 44.3 Å². The maximum absolute atomic E-state index is 11.1. The zero-order valence-electron chi connectivity index (χ0n) is 3.47. The summed E-state index contributed by atoms with van der Waals surface area (Å²) in [6, 6.07) is 0. The molecule has 0 rings (SSSR count). The number of alkyl halides is 5. The number of hydrogen-bond acceptors (Lipinski definition) is 0. The quantitative estimate of drug-likeness (QED) is 0.368. The summed E-state index contributed by atoms with van der Waals surface area (Å²) in [5, 5.41) is 0. The molecular weight excluding hydrogens is 150 g/mol. The van der Waals surface area contributed by atoms with Crippen LogP contribution >= 0.6 is 9.24 Å². The van der Waals surface area contributed by atoms with Gasteiger partial charge < -0.3 is 0 Å². The van der Waals surface area contributed by atoms with E-state index in [9.17, 15) is 22.0 Å².